The minimum absolute atomic E-state index is 0. The van der Waals surface area contributed by atoms with Gasteiger partial charge in [0.1, 0.15) is 5.75 Å². The van der Waals surface area contributed by atoms with Gasteiger partial charge in [-0.2, -0.15) is 0 Å². The second-order valence-corrected chi connectivity index (χ2v) is 7.02. The molecule has 1 aromatic carbocycles. The normalized spacial score (nSPS) is 20.8. The van der Waals surface area contributed by atoms with E-state index in [1.54, 1.807) is 18.4 Å². The Morgan fingerprint density at radius 2 is 2.22 bits per heavy atom. The van der Waals surface area contributed by atoms with Crippen LogP contribution < -0.4 is 15.4 Å². The molecular weight excluding hydrogens is 332 g/mol. The zero-order valence-electron chi connectivity index (χ0n) is 13.6. The maximum Gasteiger partial charge on any atom is 0.261 e. The van der Waals surface area contributed by atoms with Gasteiger partial charge in [-0.1, -0.05) is 0 Å². The summed E-state index contributed by atoms with van der Waals surface area (Å²) in [6.07, 6.45) is 1.98. The number of ether oxygens (including phenoxy) is 1. The maximum absolute atomic E-state index is 12.6. The third-order valence-electron chi connectivity index (χ3n) is 4.31. The van der Waals surface area contributed by atoms with Crippen molar-refractivity contribution in [1.29, 1.82) is 0 Å². The largest absolute Gasteiger partial charge is 0.497 e. The first-order valence-electron chi connectivity index (χ1n) is 7.70. The van der Waals surface area contributed by atoms with Gasteiger partial charge in [0.2, 0.25) is 0 Å². The number of rotatable bonds is 3. The molecule has 1 aromatic heterocycles. The predicted octanol–water partition coefficient (Wildman–Crippen LogP) is 3.51. The lowest BCUT2D eigenvalue weighted by Crippen LogP contribution is -2.46. The number of fused-ring (bicyclic) bond motifs is 1. The van der Waals surface area contributed by atoms with Crippen LogP contribution in [0, 0.1) is 6.92 Å². The van der Waals surface area contributed by atoms with Crippen molar-refractivity contribution < 1.29 is 9.53 Å². The highest BCUT2D eigenvalue weighted by atomic mass is 35.5. The average molecular weight is 355 g/mol. The zero-order chi connectivity index (χ0) is 15.7. The first kappa shape index (κ1) is 18.0. The fourth-order valence-corrected chi connectivity index (χ4v) is 4.15. The number of halogens is 1. The lowest BCUT2D eigenvalue weighted by atomic mass is 10.0. The molecule has 2 unspecified atom stereocenters. The molecular formula is C17H23ClN2O2S. The SMILES string of the molecule is COc1ccc2sc(C(=O)NC3CCNC(C)C3)c(C)c2c1.Cl. The average Bonchev–Trinajstić information content (AvgIpc) is 2.84. The molecule has 0 radical (unpaired) electrons. The molecule has 0 spiro atoms. The number of amides is 1. The molecule has 0 aliphatic carbocycles. The minimum Gasteiger partial charge on any atom is -0.497 e. The van der Waals surface area contributed by atoms with Gasteiger partial charge in [0.05, 0.1) is 12.0 Å². The monoisotopic (exact) mass is 354 g/mol. The Kier molecular flexibility index (Phi) is 5.89. The fraction of sp³-hybridized carbons (Fsp3) is 0.471. The van der Waals surface area contributed by atoms with Crippen LogP contribution in [0.3, 0.4) is 0 Å². The molecule has 3 rings (SSSR count). The van der Waals surface area contributed by atoms with Crippen molar-refractivity contribution in [1.82, 2.24) is 10.6 Å². The van der Waals surface area contributed by atoms with Crippen molar-refractivity contribution in [3.63, 3.8) is 0 Å². The molecule has 4 nitrogen and oxygen atoms in total. The zero-order valence-corrected chi connectivity index (χ0v) is 15.3. The van der Waals surface area contributed by atoms with E-state index >= 15 is 0 Å². The molecule has 1 saturated heterocycles. The van der Waals surface area contributed by atoms with Crippen LogP contribution in [0.5, 0.6) is 5.75 Å². The third-order valence-corrected chi connectivity index (χ3v) is 5.58. The summed E-state index contributed by atoms with van der Waals surface area (Å²) in [4.78, 5) is 13.4. The lowest BCUT2D eigenvalue weighted by molar-refractivity contribution is 0.0929. The van der Waals surface area contributed by atoms with Crippen molar-refractivity contribution in [2.45, 2.75) is 38.8 Å². The Hall–Kier alpha value is -1.30. The summed E-state index contributed by atoms with van der Waals surface area (Å²) in [6, 6.07) is 6.70. The Balaban J connectivity index is 0.00000192. The molecule has 2 aromatic rings. The van der Waals surface area contributed by atoms with Crippen LogP contribution in [-0.2, 0) is 0 Å². The summed E-state index contributed by atoms with van der Waals surface area (Å²) in [5, 5.41) is 7.71. The highest BCUT2D eigenvalue weighted by Gasteiger charge is 2.22. The molecule has 0 saturated carbocycles. The smallest absolute Gasteiger partial charge is 0.261 e. The van der Waals surface area contributed by atoms with Crippen molar-refractivity contribution >= 4 is 39.7 Å². The standard InChI is InChI=1S/C17H22N2O2S.ClH/c1-10-8-12(6-7-18-10)19-17(20)16-11(2)14-9-13(21-3)4-5-15(14)22-16;/h4-5,9-10,12,18H,6-8H2,1-3H3,(H,19,20);1H. The van der Waals surface area contributed by atoms with E-state index in [1.165, 1.54) is 0 Å². The minimum atomic E-state index is 0. The van der Waals surface area contributed by atoms with Gasteiger partial charge in [-0.25, -0.2) is 0 Å². The molecule has 6 heteroatoms. The van der Waals surface area contributed by atoms with E-state index in [9.17, 15) is 4.79 Å². The topological polar surface area (TPSA) is 50.4 Å². The summed E-state index contributed by atoms with van der Waals surface area (Å²) in [5.74, 6) is 0.879. The van der Waals surface area contributed by atoms with E-state index in [4.69, 9.17) is 4.74 Å². The van der Waals surface area contributed by atoms with Gasteiger partial charge < -0.3 is 15.4 Å². The van der Waals surface area contributed by atoms with Crippen LogP contribution in [0.25, 0.3) is 10.1 Å². The summed E-state index contributed by atoms with van der Waals surface area (Å²) < 4.78 is 6.40. The predicted molar refractivity (Wildman–Crippen MR) is 98.3 cm³/mol. The van der Waals surface area contributed by atoms with E-state index in [1.807, 2.05) is 25.1 Å². The van der Waals surface area contributed by atoms with E-state index in [-0.39, 0.29) is 24.4 Å². The van der Waals surface area contributed by atoms with Crippen LogP contribution in [0.4, 0.5) is 0 Å². The lowest BCUT2D eigenvalue weighted by Gasteiger charge is -2.28. The molecule has 126 valence electrons. The van der Waals surface area contributed by atoms with Crippen LogP contribution in [-0.4, -0.2) is 31.6 Å². The Bertz CT molecular complexity index is 701. The summed E-state index contributed by atoms with van der Waals surface area (Å²) in [6.45, 7) is 5.14. The van der Waals surface area contributed by atoms with E-state index in [2.05, 4.69) is 17.6 Å². The molecule has 1 amide bonds. The number of aryl methyl sites for hydroxylation is 1. The van der Waals surface area contributed by atoms with E-state index in [0.717, 1.165) is 45.7 Å². The van der Waals surface area contributed by atoms with Gasteiger partial charge in [0.15, 0.2) is 0 Å². The molecule has 1 aliphatic rings. The molecule has 2 atom stereocenters. The van der Waals surface area contributed by atoms with Gasteiger partial charge in [-0.05, 0) is 62.4 Å². The molecule has 23 heavy (non-hydrogen) atoms. The number of benzene rings is 1. The number of thiophene rings is 1. The molecule has 1 aliphatic heterocycles. The van der Waals surface area contributed by atoms with Crippen LogP contribution >= 0.6 is 23.7 Å². The maximum atomic E-state index is 12.6. The first-order valence-corrected chi connectivity index (χ1v) is 8.51. The first-order chi connectivity index (χ1) is 10.6. The van der Waals surface area contributed by atoms with Crippen molar-refractivity contribution in [2.24, 2.45) is 0 Å². The second kappa shape index (κ2) is 7.51. The number of nitrogens with one attached hydrogen (secondary N) is 2. The number of piperidine rings is 1. The van der Waals surface area contributed by atoms with Gasteiger partial charge in [-0.15, -0.1) is 23.7 Å². The van der Waals surface area contributed by atoms with Crippen LogP contribution in [0.15, 0.2) is 18.2 Å². The molecule has 2 heterocycles. The van der Waals surface area contributed by atoms with Crippen molar-refractivity contribution in [3.8, 4) is 5.75 Å². The van der Waals surface area contributed by atoms with Gasteiger partial charge in [0, 0.05) is 16.8 Å². The quantitative estimate of drug-likeness (QED) is 0.886. The fourth-order valence-electron chi connectivity index (χ4n) is 3.06. The van der Waals surface area contributed by atoms with Crippen molar-refractivity contribution in [3.05, 3.63) is 28.6 Å². The highest BCUT2D eigenvalue weighted by Crippen LogP contribution is 2.33. The van der Waals surface area contributed by atoms with Crippen LogP contribution in [0.2, 0.25) is 0 Å². The van der Waals surface area contributed by atoms with Gasteiger partial charge in [-0.3, -0.25) is 4.79 Å². The van der Waals surface area contributed by atoms with Gasteiger partial charge in [0.25, 0.3) is 5.91 Å². The summed E-state index contributed by atoms with van der Waals surface area (Å²) >= 11 is 1.56. The summed E-state index contributed by atoms with van der Waals surface area (Å²) in [5.41, 5.74) is 1.04. The van der Waals surface area contributed by atoms with Crippen molar-refractivity contribution in [2.75, 3.05) is 13.7 Å². The second-order valence-electron chi connectivity index (χ2n) is 5.97. The number of hydrogen-bond acceptors (Lipinski definition) is 4. The molecule has 1 fully saturated rings. The third kappa shape index (κ3) is 3.79. The number of methoxy groups -OCH3 is 1. The van der Waals surface area contributed by atoms with Crippen LogP contribution in [0.1, 0.15) is 35.0 Å². The Morgan fingerprint density at radius 1 is 1.43 bits per heavy atom. The number of carbonyl (C=O) groups excluding carboxylic acids is 1. The Morgan fingerprint density at radius 3 is 2.91 bits per heavy atom. The van der Waals surface area contributed by atoms with E-state index in [0.29, 0.717) is 6.04 Å². The number of hydrogen-bond donors (Lipinski definition) is 2. The molecule has 2 N–H and O–H groups in total. The highest BCUT2D eigenvalue weighted by molar-refractivity contribution is 7.21. The van der Waals surface area contributed by atoms with Gasteiger partial charge >= 0.3 is 0 Å². The Labute approximate surface area is 147 Å². The van der Waals surface area contributed by atoms with E-state index < -0.39 is 0 Å². The molecule has 0 bridgehead atoms. The summed E-state index contributed by atoms with van der Waals surface area (Å²) in [7, 11) is 1.66. The number of carbonyl (C=O) groups is 1.